The summed E-state index contributed by atoms with van der Waals surface area (Å²) in [7, 11) is 1.83. The summed E-state index contributed by atoms with van der Waals surface area (Å²) in [4.78, 5) is 29.1. The van der Waals surface area contributed by atoms with Gasteiger partial charge in [0.1, 0.15) is 6.61 Å². The van der Waals surface area contributed by atoms with Gasteiger partial charge in [-0.1, -0.05) is 0 Å². The van der Waals surface area contributed by atoms with Gasteiger partial charge in [-0.15, -0.1) is 0 Å². The molecular formula is C28H30FN9O2. The number of fused-ring (bicyclic) bond motifs is 2. The summed E-state index contributed by atoms with van der Waals surface area (Å²) in [5, 5.41) is 11.4. The first-order chi connectivity index (χ1) is 19.2. The monoisotopic (exact) mass is 543 g/mol. The van der Waals surface area contributed by atoms with Crippen LogP contribution in [0, 0.1) is 12.7 Å². The van der Waals surface area contributed by atoms with E-state index in [-0.39, 0.29) is 18.3 Å². The van der Waals surface area contributed by atoms with Gasteiger partial charge in [0, 0.05) is 74.1 Å². The zero-order valence-corrected chi connectivity index (χ0v) is 22.7. The third kappa shape index (κ3) is 5.05. The van der Waals surface area contributed by atoms with Gasteiger partial charge in [0.2, 0.25) is 0 Å². The summed E-state index contributed by atoms with van der Waals surface area (Å²) in [6.45, 7) is 7.85. The summed E-state index contributed by atoms with van der Waals surface area (Å²) >= 11 is 0. The topological polar surface area (TPSA) is 115 Å². The average Bonchev–Trinajstić information content (AvgIpc) is 3.50. The maximum atomic E-state index is 14.7. The van der Waals surface area contributed by atoms with E-state index in [1.54, 1.807) is 40.7 Å². The third-order valence-corrected chi connectivity index (χ3v) is 6.85. The van der Waals surface area contributed by atoms with Crippen LogP contribution in [0.1, 0.15) is 35.6 Å². The molecule has 0 bridgehead atoms. The number of nitrogens with one attached hydrogen (secondary N) is 2. The first-order valence-corrected chi connectivity index (χ1v) is 13.1. The highest BCUT2D eigenvalue weighted by atomic mass is 19.1. The van der Waals surface area contributed by atoms with E-state index in [2.05, 4.69) is 49.4 Å². The molecule has 4 aromatic heterocycles. The van der Waals surface area contributed by atoms with Gasteiger partial charge < -0.3 is 24.7 Å². The van der Waals surface area contributed by atoms with Gasteiger partial charge in [-0.25, -0.2) is 14.4 Å². The van der Waals surface area contributed by atoms with Crippen molar-refractivity contribution in [3.05, 3.63) is 71.8 Å². The number of aryl methyl sites for hydroxylation is 2. The fraction of sp³-hybridized carbons (Fsp3) is 0.321. The molecule has 40 heavy (non-hydrogen) atoms. The highest BCUT2D eigenvalue weighted by Gasteiger charge is 2.25. The molecule has 5 aromatic rings. The lowest BCUT2D eigenvalue weighted by Gasteiger charge is -2.38. The predicted octanol–water partition coefficient (Wildman–Crippen LogP) is 3.48. The number of carbonyl (C=O) groups is 1. The van der Waals surface area contributed by atoms with Crippen LogP contribution in [-0.2, 0) is 13.7 Å². The van der Waals surface area contributed by atoms with Crippen LogP contribution in [0.25, 0.3) is 16.6 Å². The minimum Gasteiger partial charge on any atom is -0.457 e. The minimum absolute atomic E-state index is 0.132. The molecule has 1 aliphatic rings. The molecule has 206 valence electrons. The number of halogens is 1. The second-order valence-corrected chi connectivity index (χ2v) is 10.3. The van der Waals surface area contributed by atoms with Gasteiger partial charge in [0.05, 0.1) is 28.2 Å². The number of ether oxygens (including phenoxy) is 1. The summed E-state index contributed by atoms with van der Waals surface area (Å²) in [5.74, 6) is -0.954. The number of pyridine rings is 1. The largest absolute Gasteiger partial charge is 0.457 e. The number of carbonyl (C=O) groups excluding carboxylic acids is 1. The van der Waals surface area contributed by atoms with Crippen LogP contribution in [0.5, 0.6) is 6.01 Å². The standard InChI is InChI=1S/C28H30FN9O2/c1-16-11-37(12-17(2)31-16)24-6-5-21(27(39)33-20-9-23(29)26-32-18(3)13-38(26)14-20)25-22(24)10-30-28(34-25)40-15-19-7-8-36(4)35-19/h5-10,13-14,16-17,31H,11-12,15H2,1-4H3,(H,33,39). The number of nitrogens with zero attached hydrogens (tertiary/aromatic N) is 7. The molecule has 1 fully saturated rings. The van der Waals surface area contributed by atoms with E-state index in [1.807, 2.05) is 25.4 Å². The normalized spacial score (nSPS) is 17.5. The lowest BCUT2D eigenvalue weighted by Crippen LogP contribution is -2.54. The van der Waals surface area contributed by atoms with Gasteiger partial charge in [-0.2, -0.15) is 10.1 Å². The zero-order chi connectivity index (χ0) is 28.0. The summed E-state index contributed by atoms with van der Waals surface area (Å²) in [6.07, 6.45) is 6.86. The first-order valence-electron chi connectivity index (χ1n) is 13.1. The molecule has 0 saturated carbocycles. The summed E-state index contributed by atoms with van der Waals surface area (Å²) in [6, 6.07) is 7.49. The lowest BCUT2D eigenvalue weighted by molar-refractivity contribution is 0.102. The average molecular weight is 544 g/mol. The van der Waals surface area contributed by atoms with Crippen molar-refractivity contribution in [2.75, 3.05) is 23.3 Å². The maximum Gasteiger partial charge on any atom is 0.317 e. The fourth-order valence-electron chi connectivity index (χ4n) is 5.27. The second-order valence-electron chi connectivity index (χ2n) is 10.3. The molecular weight excluding hydrogens is 513 g/mol. The molecule has 5 heterocycles. The molecule has 1 saturated heterocycles. The fourth-order valence-corrected chi connectivity index (χ4v) is 5.27. The van der Waals surface area contributed by atoms with Crippen molar-refractivity contribution in [3.8, 4) is 6.01 Å². The van der Waals surface area contributed by atoms with E-state index in [0.29, 0.717) is 34.5 Å². The Morgan fingerprint density at radius 2 is 1.98 bits per heavy atom. The minimum atomic E-state index is -0.527. The number of benzene rings is 1. The first kappa shape index (κ1) is 25.7. The number of amides is 1. The predicted molar refractivity (Wildman–Crippen MR) is 149 cm³/mol. The van der Waals surface area contributed by atoms with E-state index < -0.39 is 11.7 Å². The van der Waals surface area contributed by atoms with Gasteiger partial charge in [0.25, 0.3) is 5.91 Å². The Morgan fingerprint density at radius 3 is 2.73 bits per heavy atom. The molecule has 0 spiro atoms. The Hall–Kier alpha value is -4.58. The zero-order valence-electron chi connectivity index (χ0n) is 22.7. The van der Waals surface area contributed by atoms with Crippen molar-refractivity contribution in [1.82, 2.24) is 34.4 Å². The quantitative estimate of drug-likeness (QED) is 0.335. The summed E-state index contributed by atoms with van der Waals surface area (Å²) in [5.41, 5.74) is 3.61. The molecule has 6 rings (SSSR count). The number of rotatable bonds is 6. The van der Waals surface area contributed by atoms with E-state index in [1.165, 1.54) is 6.07 Å². The molecule has 1 amide bonds. The van der Waals surface area contributed by atoms with Crippen molar-refractivity contribution in [3.63, 3.8) is 0 Å². The number of anilines is 2. The van der Waals surface area contributed by atoms with Crippen LogP contribution in [0.15, 0.2) is 49.1 Å². The highest BCUT2D eigenvalue weighted by Crippen LogP contribution is 2.31. The Morgan fingerprint density at radius 1 is 1.18 bits per heavy atom. The van der Waals surface area contributed by atoms with Crippen molar-refractivity contribution in [1.29, 1.82) is 0 Å². The molecule has 1 aromatic carbocycles. The lowest BCUT2D eigenvalue weighted by atomic mass is 10.0. The van der Waals surface area contributed by atoms with Crippen molar-refractivity contribution >= 4 is 33.8 Å². The molecule has 2 atom stereocenters. The number of hydrogen-bond acceptors (Lipinski definition) is 8. The van der Waals surface area contributed by atoms with Crippen LogP contribution in [0.4, 0.5) is 15.8 Å². The van der Waals surface area contributed by atoms with Crippen molar-refractivity contribution < 1.29 is 13.9 Å². The maximum absolute atomic E-state index is 14.7. The van der Waals surface area contributed by atoms with Crippen LogP contribution < -0.4 is 20.3 Å². The van der Waals surface area contributed by atoms with Gasteiger partial charge in [0.15, 0.2) is 11.5 Å². The van der Waals surface area contributed by atoms with Crippen LogP contribution in [0.2, 0.25) is 0 Å². The number of piperazine rings is 1. The third-order valence-electron chi connectivity index (χ3n) is 6.85. The number of hydrogen-bond donors (Lipinski definition) is 2. The Bertz CT molecular complexity index is 1720. The van der Waals surface area contributed by atoms with E-state index in [4.69, 9.17) is 4.74 Å². The Labute approximate surface area is 230 Å². The molecule has 0 radical (unpaired) electrons. The molecule has 12 heteroatoms. The highest BCUT2D eigenvalue weighted by molar-refractivity contribution is 6.13. The molecule has 2 N–H and O–H groups in total. The molecule has 1 aliphatic heterocycles. The van der Waals surface area contributed by atoms with Crippen LogP contribution in [0.3, 0.4) is 0 Å². The number of aromatic nitrogens is 6. The molecule has 11 nitrogen and oxygen atoms in total. The smallest absolute Gasteiger partial charge is 0.317 e. The van der Waals surface area contributed by atoms with E-state index in [9.17, 15) is 9.18 Å². The van der Waals surface area contributed by atoms with E-state index >= 15 is 0 Å². The summed E-state index contributed by atoms with van der Waals surface area (Å²) < 4.78 is 23.8. The van der Waals surface area contributed by atoms with Crippen molar-refractivity contribution in [2.45, 2.75) is 39.5 Å². The van der Waals surface area contributed by atoms with Crippen LogP contribution in [-0.4, -0.2) is 60.2 Å². The van der Waals surface area contributed by atoms with Crippen molar-refractivity contribution in [2.24, 2.45) is 7.05 Å². The van der Waals surface area contributed by atoms with E-state index in [0.717, 1.165) is 29.9 Å². The van der Waals surface area contributed by atoms with Gasteiger partial charge in [-0.3, -0.25) is 9.48 Å². The molecule has 0 aliphatic carbocycles. The SMILES string of the molecule is Cc1cn2cc(NC(=O)c3ccc(N4CC(C)NC(C)C4)c4cnc(OCc5ccn(C)n5)nc34)cc(F)c2n1. The Balaban J connectivity index is 1.37. The number of imidazole rings is 1. The van der Waals surface area contributed by atoms with Gasteiger partial charge >= 0.3 is 6.01 Å². The Kier molecular flexibility index (Phi) is 6.54. The van der Waals surface area contributed by atoms with Gasteiger partial charge in [-0.05, 0) is 39.0 Å². The molecule has 2 unspecified atom stereocenters. The van der Waals surface area contributed by atoms with Crippen LogP contribution >= 0.6 is 0 Å². The second kappa shape index (κ2) is 10.2.